The van der Waals surface area contributed by atoms with E-state index in [1.165, 1.54) is 0 Å². The minimum Gasteiger partial charge on any atom is -0.394 e. The summed E-state index contributed by atoms with van der Waals surface area (Å²) in [5.74, 6) is 0. The summed E-state index contributed by atoms with van der Waals surface area (Å²) in [5, 5.41) is 94.3. The SMILES string of the molecule is NC[C@@H]1O[C@H](O[C@H]2[C@@H](O)[C@H](O[C@@H]3[C@@H](O)[C@H](N)C[C@H](N)[C@H]3O[C@H]3O[C@H](CN)[C@@H](O)[C@H](O)[C@H]3N)O[C@@H]2CO[C@@H]2O[C@H](CO)[C@@H](O)[C@H]2O)[C@H](N)[C@@H](O)[C@@H]1O. The molecular formula is C28H54N6O17. The molecule has 5 fully saturated rings. The monoisotopic (exact) mass is 746 g/mol. The molecule has 4 heterocycles. The number of nitrogens with two attached hydrogens (primary N) is 6. The van der Waals surface area contributed by atoms with Gasteiger partial charge in [-0.05, 0) is 6.42 Å². The Labute approximate surface area is 292 Å². The average Bonchev–Trinajstić information content (AvgIpc) is 3.56. The maximum Gasteiger partial charge on any atom is 0.187 e. The number of aliphatic hydroxyl groups is 9. The van der Waals surface area contributed by atoms with E-state index in [9.17, 15) is 46.0 Å². The normalized spacial score (nSPS) is 53.8. The van der Waals surface area contributed by atoms with Crippen molar-refractivity contribution >= 4 is 0 Å². The van der Waals surface area contributed by atoms with Gasteiger partial charge in [0.15, 0.2) is 25.2 Å². The van der Waals surface area contributed by atoms with E-state index < -0.39 is 154 Å². The fraction of sp³-hybridized carbons (Fsp3) is 1.00. The van der Waals surface area contributed by atoms with Crippen molar-refractivity contribution < 1.29 is 83.9 Å². The molecule has 298 valence electrons. The lowest BCUT2D eigenvalue weighted by molar-refractivity contribution is -0.307. The molecule has 1 saturated carbocycles. The molecule has 5 aliphatic rings. The fourth-order valence-corrected chi connectivity index (χ4v) is 6.92. The lowest BCUT2D eigenvalue weighted by Gasteiger charge is -2.47. The molecule has 51 heavy (non-hydrogen) atoms. The maximum atomic E-state index is 11.6. The zero-order valence-electron chi connectivity index (χ0n) is 27.6. The van der Waals surface area contributed by atoms with Crippen LogP contribution in [0.15, 0.2) is 0 Å². The first-order chi connectivity index (χ1) is 24.1. The highest BCUT2D eigenvalue weighted by Gasteiger charge is 2.55. The van der Waals surface area contributed by atoms with Crippen molar-refractivity contribution in [1.82, 2.24) is 0 Å². The van der Waals surface area contributed by atoms with E-state index in [0.29, 0.717) is 0 Å². The quantitative estimate of drug-likeness (QED) is 0.0881. The van der Waals surface area contributed by atoms with Crippen molar-refractivity contribution in [3.63, 3.8) is 0 Å². The van der Waals surface area contributed by atoms with Gasteiger partial charge in [0.05, 0.1) is 31.4 Å². The van der Waals surface area contributed by atoms with Crippen molar-refractivity contribution in [3.05, 3.63) is 0 Å². The zero-order valence-corrected chi connectivity index (χ0v) is 27.6. The fourth-order valence-electron chi connectivity index (χ4n) is 6.92. The largest absolute Gasteiger partial charge is 0.394 e. The Morgan fingerprint density at radius 3 is 1.45 bits per heavy atom. The Balaban J connectivity index is 1.36. The van der Waals surface area contributed by atoms with Crippen LogP contribution in [0.5, 0.6) is 0 Å². The standard InChI is InChI=1S/C28H54N6O17/c29-2-8-15(37)18(40)12(33)25(45-8)49-22-7(32)1-6(31)14(36)24(22)51-28-21(43)23(50-26-13(34)19(41)16(38)9(3-30)46-26)11(48-28)5-44-27-20(42)17(39)10(4-35)47-27/h6-28,35-43H,1-5,29-34H2/t6-,7+,8-,9+,10-,11-,12-,13-,14+,15-,16-,17-,18-,19-,20-,21-,22-,23-,24-,25-,26-,27-,28+/m1/s1. The van der Waals surface area contributed by atoms with E-state index in [1.54, 1.807) is 0 Å². The lowest BCUT2D eigenvalue weighted by Crippen LogP contribution is -2.68. The van der Waals surface area contributed by atoms with Crippen molar-refractivity contribution in [2.24, 2.45) is 34.4 Å². The molecule has 0 aromatic carbocycles. The molecule has 0 amide bonds. The van der Waals surface area contributed by atoms with Crippen LogP contribution < -0.4 is 34.4 Å². The van der Waals surface area contributed by atoms with Crippen molar-refractivity contribution in [2.75, 3.05) is 26.3 Å². The Morgan fingerprint density at radius 2 is 0.941 bits per heavy atom. The summed E-state index contributed by atoms with van der Waals surface area (Å²) < 4.78 is 46.5. The van der Waals surface area contributed by atoms with Gasteiger partial charge >= 0.3 is 0 Å². The third-order valence-corrected chi connectivity index (χ3v) is 10.1. The van der Waals surface area contributed by atoms with Gasteiger partial charge in [0, 0.05) is 25.2 Å². The van der Waals surface area contributed by atoms with Gasteiger partial charge in [-0.25, -0.2) is 0 Å². The molecule has 23 heteroatoms. The predicted octanol–water partition coefficient (Wildman–Crippen LogP) is -10.4. The summed E-state index contributed by atoms with van der Waals surface area (Å²) >= 11 is 0. The van der Waals surface area contributed by atoms with Crippen molar-refractivity contribution in [1.29, 1.82) is 0 Å². The highest BCUT2D eigenvalue weighted by Crippen LogP contribution is 2.35. The van der Waals surface area contributed by atoms with Crippen molar-refractivity contribution in [2.45, 2.75) is 147 Å². The number of hydrogen-bond donors (Lipinski definition) is 15. The number of ether oxygens (including phenoxy) is 8. The predicted molar refractivity (Wildman–Crippen MR) is 165 cm³/mol. The molecule has 0 aromatic heterocycles. The van der Waals surface area contributed by atoms with E-state index in [2.05, 4.69) is 0 Å². The van der Waals surface area contributed by atoms with E-state index in [1.807, 2.05) is 0 Å². The molecule has 0 unspecified atom stereocenters. The molecule has 4 saturated heterocycles. The van der Waals surface area contributed by atoms with Gasteiger partial charge in [0.1, 0.15) is 85.5 Å². The Morgan fingerprint density at radius 1 is 0.471 bits per heavy atom. The molecule has 1 aliphatic carbocycles. The average molecular weight is 747 g/mol. The molecule has 23 atom stereocenters. The minimum absolute atomic E-state index is 0.0349. The highest BCUT2D eigenvalue weighted by molar-refractivity contribution is 5.02. The van der Waals surface area contributed by atoms with E-state index in [0.717, 1.165) is 0 Å². The first-order valence-corrected chi connectivity index (χ1v) is 16.8. The van der Waals surface area contributed by atoms with Crippen molar-refractivity contribution in [3.8, 4) is 0 Å². The van der Waals surface area contributed by atoms with Crippen LogP contribution in [0.3, 0.4) is 0 Å². The van der Waals surface area contributed by atoms with E-state index in [4.69, 9.17) is 72.3 Å². The Kier molecular flexibility index (Phi) is 14.0. The molecule has 0 spiro atoms. The summed E-state index contributed by atoms with van der Waals surface area (Å²) in [5.41, 5.74) is 36.1. The van der Waals surface area contributed by atoms with Gasteiger partial charge in [-0.15, -0.1) is 0 Å². The van der Waals surface area contributed by atoms with E-state index >= 15 is 0 Å². The summed E-state index contributed by atoms with van der Waals surface area (Å²) in [7, 11) is 0. The van der Waals surface area contributed by atoms with Crippen LogP contribution >= 0.6 is 0 Å². The number of aliphatic hydroxyl groups excluding tert-OH is 9. The second-order valence-electron chi connectivity index (χ2n) is 13.6. The first-order valence-electron chi connectivity index (χ1n) is 16.8. The third kappa shape index (κ3) is 8.36. The third-order valence-electron chi connectivity index (χ3n) is 10.1. The Bertz CT molecular complexity index is 1110. The van der Waals surface area contributed by atoms with Gasteiger partial charge in [0.25, 0.3) is 0 Å². The Hall–Kier alpha value is -0.920. The van der Waals surface area contributed by atoms with Gasteiger partial charge in [-0.1, -0.05) is 0 Å². The van der Waals surface area contributed by atoms with Crippen LogP contribution in [0.2, 0.25) is 0 Å². The molecule has 0 bridgehead atoms. The highest BCUT2D eigenvalue weighted by atomic mass is 16.8. The summed E-state index contributed by atoms with van der Waals surface area (Å²) in [4.78, 5) is 0. The maximum absolute atomic E-state index is 11.6. The summed E-state index contributed by atoms with van der Waals surface area (Å²) in [6.07, 6.45) is -26.8. The van der Waals surface area contributed by atoms with Crippen LogP contribution in [0.1, 0.15) is 6.42 Å². The van der Waals surface area contributed by atoms with Crippen LogP contribution in [-0.4, -0.2) is 213 Å². The molecule has 0 radical (unpaired) electrons. The minimum atomic E-state index is -1.73. The van der Waals surface area contributed by atoms with Crippen LogP contribution in [0, 0.1) is 0 Å². The van der Waals surface area contributed by atoms with Gasteiger partial charge in [0.2, 0.25) is 0 Å². The zero-order chi connectivity index (χ0) is 37.5. The van der Waals surface area contributed by atoms with Gasteiger partial charge in [-0.2, -0.15) is 0 Å². The topological polar surface area (TPSA) is 412 Å². The molecule has 5 rings (SSSR count). The van der Waals surface area contributed by atoms with Crippen LogP contribution in [0.4, 0.5) is 0 Å². The number of rotatable bonds is 12. The second-order valence-corrected chi connectivity index (χ2v) is 13.6. The molecule has 0 aromatic rings. The lowest BCUT2D eigenvalue weighted by atomic mass is 9.84. The smallest absolute Gasteiger partial charge is 0.187 e. The summed E-state index contributed by atoms with van der Waals surface area (Å²) in [6, 6.07) is -4.48. The van der Waals surface area contributed by atoms with Gasteiger partial charge in [-0.3, -0.25) is 0 Å². The van der Waals surface area contributed by atoms with E-state index in [-0.39, 0.29) is 19.5 Å². The second kappa shape index (κ2) is 17.3. The molecule has 23 nitrogen and oxygen atoms in total. The first kappa shape index (κ1) is 41.2. The summed E-state index contributed by atoms with van der Waals surface area (Å²) in [6.45, 7) is -1.54. The van der Waals surface area contributed by atoms with Crippen LogP contribution in [0.25, 0.3) is 0 Å². The van der Waals surface area contributed by atoms with Gasteiger partial charge < -0.3 is 118 Å². The molecule has 4 aliphatic heterocycles. The molecule has 21 N–H and O–H groups in total. The van der Waals surface area contributed by atoms with Crippen LogP contribution in [-0.2, 0) is 37.9 Å². The number of hydrogen-bond acceptors (Lipinski definition) is 23. The molecular weight excluding hydrogens is 692 g/mol.